The van der Waals surface area contributed by atoms with Crippen molar-refractivity contribution in [1.82, 2.24) is 15.0 Å². The summed E-state index contributed by atoms with van der Waals surface area (Å²) in [6.45, 7) is 0. The zero-order chi connectivity index (χ0) is 10.1. The molecule has 0 aliphatic heterocycles. The van der Waals surface area contributed by atoms with E-state index >= 15 is 0 Å². The van der Waals surface area contributed by atoms with Crippen LogP contribution in [0.25, 0.3) is 5.69 Å². The summed E-state index contributed by atoms with van der Waals surface area (Å²) in [5.41, 5.74) is 2.49. The molecule has 3 heteroatoms. The molecular formula is C12H13N3. The van der Waals surface area contributed by atoms with Gasteiger partial charge in [-0.3, -0.25) is 0 Å². The van der Waals surface area contributed by atoms with Gasteiger partial charge < -0.3 is 0 Å². The average molecular weight is 199 g/mol. The Kier molecular flexibility index (Phi) is 2.02. The number of benzene rings is 1. The lowest BCUT2D eigenvalue weighted by Gasteiger charge is -2.25. The highest BCUT2D eigenvalue weighted by molar-refractivity contribution is 5.34. The lowest BCUT2D eigenvalue weighted by Crippen LogP contribution is -2.08. The molecule has 0 N–H and O–H groups in total. The van der Waals surface area contributed by atoms with Gasteiger partial charge in [0, 0.05) is 0 Å². The van der Waals surface area contributed by atoms with E-state index in [1.54, 1.807) is 17.2 Å². The van der Waals surface area contributed by atoms with Gasteiger partial charge >= 0.3 is 0 Å². The lowest BCUT2D eigenvalue weighted by atomic mass is 9.80. The zero-order valence-corrected chi connectivity index (χ0v) is 8.50. The molecule has 2 aromatic rings. The van der Waals surface area contributed by atoms with Crippen LogP contribution < -0.4 is 0 Å². The highest BCUT2D eigenvalue weighted by Crippen LogP contribution is 2.36. The SMILES string of the molecule is c1cnn(-c2ccc(C3CCC3)cc2)n1. The van der Waals surface area contributed by atoms with E-state index in [1.807, 2.05) is 0 Å². The minimum absolute atomic E-state index is 0.796. The quantitative estimate of drug-likeness (QED) is 0.744. The summed E-state index contributed by atoms with van der Waals surface area (Å²) in [6.07, 6.45) is 7.46. The highest BCUT2D eigenvalue weighted by Gasteiger charge is 2.18. The number of nitrogens with zero attached hydrogens (tertiary/aromatic N) is 3. The maximum absolute atomic E-state index is 4.10. The second kappa shape index (κ2) is 3.50. The molecule has 1 aromatic carbocycles. The predicted octanol–water partition coefficient (Wildman–Crippen LogP) is 2.53. The molecule has 0 radical (unpaired) electrons. The van der Waals surface area contributed by atoms with Crippen LogP contribution in [-0.4, -0.2) is 15.0 Å². The normalized spacial score (nSPS) is 16.3. The Balaban J connectivity index is 1.87. The Hall–Kier alpha value is -1.64. The first kappa shape index (κ1) is 8.65. The van der Waals surface area contributed by atoms with Gasteiger partial charge in [-0.15, -0.1) is 0 Å². The molecule has 1 aromatic heterocycles. The van der Waals surface area contributed by atoms with Crippen molar-refractivity contribution in [3.05, 3.63) is 42.2 Å². The second-order valence-electron chi connectivity index (χ2n) is 4.04. The summed E-state index contributed by atoms with van der Waals surface area (Å²) in [5.74, 6) is 0.796. The fourth-order valence-electron chi connectivity index (χ4n) is 1.97. The molecule has 1 aliphatic carbocycles. The van der Waals surface area contributed by atoms with E-state index < -0.39 is 0 Å². The molecule has 0 spiro atoms. The molecule has 3 rings (SSSR count). The Bertz CT molecular complexity index is 426. The van der Waals surface area contributed by atoms with Crippen LogP contribution in [0.4, 0.5) is 0 Å². The van der Waals surface area contributed by atoms with Gasteiger partial charge in [-0.1, -0.05) is 18.6 Å². The smallest absolute Gasteiger partial charge is 0.0856 e. The number of hydrogen-bond donors (Lipinski definition) is 0. The van der Waals surface area contributed by atoms with E-state index in [0.29, 0.717) is 0 Å². The number of aromatic nitrogens is 3. The summed E-state index contributed by atoms with van der Waals surface area (Å²) in [7, 11) is 0. The van der Waals surface area contributed by atoms with Crippen LogP contribution in [-0.2, 0) is 0 Å². The molecule has 1 heterocycles. The summed E-state index contributed by atoms with van der Waals surface area (Å²) in [6, 6.07) is 8.58. The van der Waals surface area contributed by atoms with E-state index in [4.69, 9.17) is 0 Å². The van der Waals surface area contributed by atoms with Crippen LogP contribution in [0, 0.1) is 0 Å². The van der Waals surface area contributed by atoms with Gasteiger partial charge in [0.05, 0.1) is 18.1 Å². The highest BCUT2D eigenvalue weighted by atomic mass is 15.5. The van der Waals surface area contributed by atoms with Gasteiger partial charge in [0.25, 0.3) is 0 Å². The molecular weight excluding hydrogens is 186 g/mol. The standard InChI is InChI=1S/C12H13N3/c1-2-10(3-1)11-4-6-12(7-5-11)15-13-8-9-14-15/h4-10H,1-3H2. The molecule has 1 saturated carbocycles. The van der Waals surface area contributed by atoms with E-state index in [-0.39, 0.29) is 0 Å². The molecule has 3 nitrogen and oxygen atoms in total. The summed E-state index contributed by atoms with van der Waals surface area (Å²) < 4.78 is 0. The van der Waals surface area contributed by atoms with Gasteiger partial charge in [0.1, 0.15) is 0 Å². The Labute approximate surface area is 88.7 Å². The van der Waals surface area contributed by atoms with Gasteiger partial charge in [-0.05, 0) is 36.5 Å². The van der Waals surface area contributed by atoms with Crippen LogP contribution in [0.3, 0.4) is 0 Å². The van der Waals surface area contributed by atoms with Crippen LogP contribution in [0.5, 0.6) is 0 Å². The minimum Gasteiger partial charge on any atom is -0.157 e. The van der Waals surface area contributed by atoms with Gasteiger partial charge in [-0.2, -0.15) is 15.0 Å². The van der Waals surface area contributed by atoms with Crippen LogP contribution >= 0.6 is 0 Å². The third kappa shape index (κ3) is 1.54. The maximum atomic E-state index is 4.10. The molecule has 76 valence electrons. The van der Waals surface area contributed by atoms with Crippen LogP contribution in [0.15, 0.2) is 36.7 Å². The monoisotopic (exact) mass is 199 g/mol. The maximum Gasteiger partial charge on any atom is 0.0856 e. The molecule has 1 aliphatic rings. The Morgan fingerprint density at radius 1 is 1.00 bits per heavy atom. The summed E-state index contributed by atoms with van der Waals surface area (Å²) in [5, 5.41) is 8.20. The number of rotatable bonds is 2. The van der Waals surface area contributed by atoms with Crippen LogP contribution in [0.2, 0.25) is 0 Å². The minimum atomic E-state index is 0.796. The first-order valence-electron chi connectivity index (χ1n) is 5.40. The largest absolute Gasteiger partial charge is 0.157 e. The third-order valence-electron chi connectivity index (χ3n) is 3.12. The molecule has 15 heavy (non-hydrogen) atoms. The number of hydrogen-bond acceptors (Lipinski definition) is 2. The van der Waals surface area contributed by atoms with E-state index in [9.17, 15) is 0 Å². The first-order chi connectivity index (χ1) is 7.43. The van der Waals surface area contributed by atoms with Gasteiger partial charge in [-0.25, -0.2) is 0 Å². The van der Waals surface area contributed by atoms with Gasteiger partial charge in [0.2, 0.25) is 0 Å². The third-order valence-corrected chi connectivity index (χ3v) is 3.12. The summed E-state index contributed by atoms with van der Waals surface area (Å²) >= 11 is 0. The van der Waals surface area contributed by atoms with Crippen LogP contribution in [0.1, 0.15) is 30.7 Å². The van der Waals surface area contributed by atoms with E-state index in [2.05, 4.69) is 34.5 Å². The predicted molar refractivity (Wildman–Crippen MR) is 58.0 cm³/mol. The van der Waals surface area contributed by atoms with E-state index in [0.717, 1.165) is 11.6 Å². The fraction of sp³-hybridized carbons (Fsp3) is 0.333. The first-order valence-corrected chi connectivity index (χ1v) is 5.40. The van der Waals surface area contributed by atoms with Crippen molar-refractivity contribution in [3.63, 3.8) is 0 Å². The fourth-order valence-corrected chi connectivity index (χ4v) is 1.97. The topological polar surface area (TPSA) is 30.7 Å². The van der Waals surface area contributed by atoms with Crippen molar-refractivity contribution in [2.45, 2.75) is 25.2 Å². The Morgan fingerprint density at radius 2 is 1.67 bits per heavy atom. The molecule has 1 fully saturated rings. The van der Waals surface area contributed by atoms with Crippen molar-refractivity contribution >= 4 is 0 Å². The van der Waals surface area contributed by atoms with Crippen molar-refractivity contribution in [2.24, 2.45) is 0 Å². The van der Waals surface area contributed by atoms with E-state index in [1.165, 1.54) is 24.8 Å². The second-order valence-corrected chi connectivity index (χ2v) is 4.04. The Morgan fingerprint density at radius 3 is 2.20 bits per heavy atom. The lowest BCUT2D eigenvalue weighted by molar-refractivity contribution is 0.419. The molecule has 0 amide bonds. The average Bonchev–Trinajstić information content (AvgIpc) is 2.69. The van der Waals surface area contributed by atoms with Crippen molar-refractivity contribution in [3.8, 4) is 5.69 Å². The summed E-state index contributed by atoms with van der Waals surface area (Å²) in [4.78, 5) is 1.64. The molecule has 0 atom stereocenters. The van der Waals surface area contributed by atoms with Crippen molar-refractivity contribution in [1.29, 1.82) is 0 Å². The van der Waals surface area contributed by atoms with Crippen molar-refractivity contribution in [2.75, 3.05) is 0 Å². The molecule has 0 bridgehead atoms. The molecule has 0 unspecified atom stereocenters. The van der Waals surface area contributed by atoms with Gasteiger partial charge in [0.15, 0.2) is 0 Å². The molecule has 0 saturated heterocycles. The zero-order valence-electron chi connectivity index (χ0n) is 8.50. The van der Waals surface area contributed by atoms with Crippen molar-refractivity contribution < 1.29 is 0 Å².